The fraction of sp³-hybridized carbons (Fsp3) is 0.273. The van der Waals surface area contributed by atoms with Crippen molar-refractivity contribution in [2.45, 2.75) is 19.9 Å². The van der Waals surface area contributed by atoms with Crippen LogP contribution < -0.4 is 5.73 Å². The van der Waals surface area contributed by atoms with Gasteiger partial charge in [-0.15, -0.1) is 5.10 Å². The predicted octanol–water partition coefficient (Wildman–Crippen LogP) is 2.64. The van der Waals surface area contributed by atoms with Gasteiger partial charge in [0.1, 0.15) is 17.2 Å². The van der Waals surface area contributed by atoms with E-state index < -0.39 is 11.6 Å². The van der Waals surface area contributed by atoms with Crippen molar-refractivity contribution in [2.24, 2.45) is 5.73 Å². The van der Waals surface area contributed by atoms with E-state index >= 15 is 0 Å². The summed E-state index contributed by atoms with van der Waals surface area (Å²) < 4.78 is 28.3. The maximum atomic E-state index is 13.7. The molecule has 0 bridgehead atoms. The van der Waals surface area contributed by atoms with Gasteiger partial charge in [0, 0.05) is 12.1 Å². The maximum absolute atomic E-state index is 13.7. The molecule has 2 rings (SSSR count). The van der Waals surface area contributed by atoms with Crippen LogP contribution in [0.1, 0.15) is 24.4 Å². The van der Waals surface area contributed by atoms with Gasteiger partial charge in [-0.3, -0.25) is 0 Å². The summed E-state index contributed by atoms with van der Waals surface area (Å²) in [6.45, 7) is 3.49. The highest BCUT2D eigenvalue weighted by Gasteiger charge is 2.17. The Morgan fingerprint density at radius 3 is 2.56 bits per heavy atom. The second kappa shape index (κ2) is 4.74. The molecule has 1 heterocycles. The Hall–Kier alpha value is -1.34. The van der Waals surface area contributed by atoms with E-state index in [1.807, 2.05) is 0 Å². The summed E-state index contributed by atoms with van der Waals surface area (Å²) in [6.07, 6.45) is 0. The molecule has 0 radical (unpaired) electrons. The van der Waals surface area contributed by atoms with Crippen molar-refractivity contribution in [3.05, 3.63) is 39.6 Å². The number of halogens is 3. The van der Waals surface area contributed by atoms with Crippen molar-refractivity contribution < 1.29 is 8.78 Å². The van der Waals surface area contributed by atoms with Gasteiger partial charge in [-0.2, -0.15) is 0 Å². The normalized spacial score (nSPS) is 12.8. The highest BCUT2D eigenvalue weighted by Crippen LogP contribution is 2.24. The third-order valence-corrected chi connectivity index (χ3v) is 3.19. The molecule has 18 heavy (non-hydrogen) atoms. The molecule has 2 N–H and O–H groups in total. The van der Waals surface area contributed by atoms with Gasteiger partial charge in [0.2, 0.25) is 0 Å². The van der Waals surface area contributed by atoms with Crippen LogP contribution in [0.15, 0.2) is 16.6 Å². The lowest BCUT2D eigenvalue weighted by Gasteiger charge is -2.07. The van der Waals surface area contributed by atoms with Crippen LogP contribution in [0, 0.1) is 18.6 Å². The summed E-state index contributed by atoms with van der Waals surface area (Å²) in [4.78, 5) is 0. The predicted molar refractivity (Wildman–Crippen MR) is 66.3 cm³/mol. The Bertz CT molecular complexity index is 595. The number of hydrogen-bond donors (Lipinski definition) is 1. The summed E-state index contributed by atoms with van der Waals surface area (Å²) >= 11 is 3.01. The van der Waals surface area contributed by atoms with Crippen molar-refractivity contribution in [1.82, 2.24) is 15.0 Å². The Morgan fingerprint density at radius 2 is 2.00 bits per heavy atom. The Balaban J connectivity index is 2.59. The summed E-state index contributed by atoms with van der Waals surface area (Å²) in [7, 11) is 0. The molecule has 96 valence electrons. The molecule has 0 fully saturated rings. The molecule has 0 amide bonds. The lowest BCUT2D eigenvalue weighted by atomic mass is 10.2. The summed E-state index contributed by atoms with van der Waals surface area (Å²) in [5.41, 5.74) is 7.05. The molecule has 1 aromatic carbocycles. The lowest BCUT2D eigenvalue weighted by Crippen LogP contribution is -2.08. The van der Waals surface area contributed by atoms with Crippen molar-refractivity contribution in [1.29, 1.82) is 0 Å². The molecule has 1 atom stereocenters. The minimum absolute atomic E-state index is 0.125. The van der Waals surface area contributed by atoms with Crippen LogP contribution in [-0.2, 0) is 0 Å². The lowest BCUT2D eigenvalue weighted by molar-refractivity contribution is 0.566. The second-order valence-corrected chi connectivity index (χ2v) is 4.83. The molecule has 4 nitrogen and oxygen atoms in total. The Kier molecular flexibility index (Phi) is 3.45. The molecule has 1 unspecified atom stereocenters. The molecule has 1 aromatic heterocycles. The van der Waals surface area contributed by atoms with E-state index in [1.165, 1.54) is 10.7 Å². The Morgan fingerprint density at radius 1 is 1.33 bits per heavy atom. The zero-order valence-corrected chi connectivity index (χ0v) is 11.4. The van der Waals surface area contributed by atoms with Gasteiger partial charge in [0.05, 0.1) is 10.2 Å². The van der Waals surface area contributed by atoms with Crippen LogP contribution in [-0.4, -0.2) is 15.0 Å². The Labute approximate surface area is 111 Å². The van der Waals surface area contributed by atoms with E-state index in [2.05, 4.69) is 26.2 Å². The largest absolute Gasteiger partial charge is 0.323 e. The van der Waals surface area contributed by atoms with Gasteiger partial charge in [-0.25, -0.2) is 13.5 Å². The molecule has 0 saturated heterocycles. The van der Waals surface area contributed by atoms with Gasteiger partial charge in [-0.1, -0.05) is 5.21 Å². The number of hydrogen-bond acceptors (Lipinski definition) is 3. The van der Waals surface area contributed by atoms with Crippen LogP contribution in [0.5, 0.6) is 0 Å². The van der Waals surface area contributed by atoms with E-state index in [0.717, 1.165) is 6.07 Å². The molecule has 0 aliphatic carbocycles. The molecule has 0 aliphatic rings. The topological polar surface area (TPSA) is 56.7 Å². The smallest absolute Gasteiger partial charge is 0.151 e. The number of rotatable bonds is 2. The van der Waals surface area contributed by atoms with Crippen LogP contribution in [0.3, 0.4) is 0 Å². The summed E-state index contributed by atoms with van der Waals surface area (Å²) in [5, 5.41) is 7.74. The van der Waals surface area contributed by atoms with E-state index in [-0.39, 0.29) is 16.2 Å². The first-order chi connectivity index (χ1) is 8.41. The fourth-order valence-corrected chi connectivity index (χ4v) is 2.00. The van der Waals surface area contributed by atoms with Gasteiger partial charge in [0.25, 0.3) is 0 Å². The minimum atomic E-state index is -0.708. The highest BCUT2D eigenvalue weighted by atomic mass is 79.9. The minimum Gasteiger partial charge on any atom is -0.323 e. The van der Waals surface area contributed by atoms with Gasteiger partial charge >= 0.3 is 0 Å². The van der Waals surface area contributed by atoms with Crippen molar-refractivity contribution in [3.8, 4) is 5.69 Å². The zero-order valence-electron chi connectivity index (χ0n) is 9.78. The third kappa shape index (κ3) is 2.15. The molecule has 0 aliphatic heterocycles. The molecule has 0 spiro atoms. The standard InChI is InChI=1S/C11H11BrF2N4/c1-5(15)11-6(2)18(17-16-11)10-3-7(12)8(13)4-9(10)14/h3-5H,15H2,1-2H3. The average Bonchev–Trinajstić information content (AvgIpc) is 2.66. The first-order valence-corrected chi connectivity index (χ1v) is 6.03. The molecule has 7 heteroatoms. The van der Waals surface area contributed by atoms with Gasteiger partial charge in [-0.05, 0) is 35.8 Å². The third-order valence-electron chi connectivity index (χ3n) is 2.58. The monoisotopic (exact) mass is 316 g/mol. The number of nitrogens with two attached hydrogens (primary N) is 1. The van der Waals surface area contributed by atoms with Crippen molar-refractivity contribution in [2.75, 3.05) is 0 Å². The first-order valence-electron chi connectivity index (χ1n) is 5.24. The summed E-state index contributed by atoms with van der Waals surface area (Å²) in [5.74, 6) is -1.37. The van der Waals surface area contributed by atoms with E-state index in [1.54, 1.807) is 13.8 Å². The maximum Gasteiger partial charge on any atom is 0.151 e. The molecular formula is C11H11BrF2N4. The SMILES string of the molecule is Cc1c(C(C)N)nnn1-c1cc(Br)c(F)cc1F. The molecule has 0 saturated carbocycles. The van der Waals surface area contributed by atoms with Crippen molar-refractivity contribution >= 4 is 15.9 Å². The van der Waals surface area contributed by atoms with Crippen LogP contribution in [0.4, 0.5) is 8.78 Å². The van der Waals surface area contributed by atoms with Gasteiger partial charge in [0.15, 0.2) is 5.82 Å². The van der Waals surface area contributed by atoms with Crippen LogP contribution >= 0.6 is 15.9 Å². The quantitative estimate of drug-likeness (QED) is 0.866. The highest BCUT2D eigenvalue weighted by molar-refractivity contribution is 9.10. The number of aromatic nitrogens is 3. The van der Waals surface area contributed by atoms with Crippen LogP contribution in [0.2, 0.25) is 0 Å². The molecular weight excluding hydrogens is 306 g/mol. The fourth-order valence-electron chi connectivity index (χ4n) is 1.66. The first kappa shape index (κ1) is 13.1. The second-order valence-electron chi connectivity index (χ2n) is 3.98. The number of nitrogens with zero attached hydrogens (tertiary/aromatic N) is 3. The number of benzene rings is 1. The molecule has 2 aromatic rings. The van der Waals surface area contributed by atoms with E-state index in [0.29, 0.717) is 11.4 Å². The average molecular weight is 317 g/mol. The summed E-state index contributed by atoms with van der Waals surface area (Å²) in [6, 6.07) is 1.81. The zero-order chi connectivity index (χ0) is 13.4. The van der Waals surface area contributed by atoms with Gasteiger partial charge < -0.3 is 5.73 Å². The van der Waals surface area contributed by atoms with Crippen LogP contribution in [0.25, 0.3) is 5.69 Å². The van der Waals surface area contributed by atoms with Crippen molar-refractivity contribution in [3.63, 3.8) is 0 Å². The van der Waals surface area contributed by atoms with E-state index in [4.69, 9.17) is 5.73 Å². The van der Waals surface area contributed by atoms with E-state index in [9.17, 15) is 8.78 Å².